The van der Waals surface area contributed by atoms with Crippen molar-refractivity contribution in [3.05, 3.63) is 35.9 Å². The minimum atomic E-state index is -1.84. The molecule has 0 aliphatic carbocycles. The van der Waals surface area contributed by atoms with E-state index in [9.17, 15) is 4.79 Å². The minimum Gasteiger partial charge on any atom is -0.445 e. The predicted octanol–water partition coefficient (Wildman–Crippen LogP) is 5.06. The molecule has 0 radical (unpaired) electrons. The number of hydrogen-bond donors (Lipinski definition) is 0. The van der Waals surface area contributed by atoms with Crippen LogP contribution in [0.1, 0.15) is 39.7 Å². The Bertz CT molecular complexity index is 568. The van der Waals surface area contributed by atoms with Gasteiger partial charge < -0.3 is 14.1 Å². The second kappa shape index (κ2) is 7.91. The summed E-state index contributed by atoms with van der Waals surface area (Å²) in [6.45, 7) is 15.1. The average Bonchev–Trinajstić information content (AvgIpc) is 2.51. The Balaban J connectivity index is 1.94. The molecule has 140 valence electrons. The van der Waals surface area contributed by atoms with E-state index in [1.54, 1.807) is 0 Å². The summed E-state index contributed by atoms with van der Waals surface area (Å²) in [5, 5.41) is 0.173. The topological polar surface area (TPSA) is 38.8 Å². The summed E-state index contributed by atoms with van der Waals surface area (Å²) < 4.78 is 12.1. The molecule has 2 atom stereocenters. The lowest BCUT2D eigenvalue weighted by atomic mass is 9.98. The smallest absolute Gasteiger partial charge is 0.410 e. The molecule has 5 heteroatoms. The van der Waals surface area contributed by atoms with Crippen molar-refractivity contribution in [1.29, 1.82) is 0 Å². The first-order valence-electron chi connectivity index (χ1n) is 9.22. The Labute approximate surface area is 153 Å². The normalized spacial score (nSPS) is 21.9. The van der Waals surface area contributed by atoms with Gasteiger partial charge in [-0.2, -0.15) is 0 Å². The first-order chi connectivity index (χ1) is 11.6. The maximum absolute atomic E-state index is 12.5. The van der Waals surface area contributed by atoms with Crippen LogP contribution in [0.4, 0.5) is 4.79 Å². The van der Waals surface area contributed by atoms with Crippen LogP contribution in [0, 0.1) is 5.92 Å². The van der Waals surface area contributed by atoms with Crippen molar-refractivity contribution in [2.24, 2.45) is 5.92 Å². The fraction of sp³-hybridized carbons (Fsp3) is 0.650. The van der Waals surface area contributed by atoms with E-state index in [0.29, 0.717) is 19.1 Å². The summed E-state index contributed by atoms with van der Waals surface area (Å²) in [4.78, 5) is 14.3. The first-order valence-corrected chi connectivity index (χ1v) is 12.1. The van der Waals surface area contributed by atoms with Crippen LogP contribution in [0.25, 0.3) is 0 Å². The van der Waals surface area contributed by atoms with E-state index >= 15 is 0 Å². The Morgan fingerprint density at radius 2 is 1.84 bits per heavy atom. The quantitative estimate of drug-likeness (QED) is 0.702. The summed E-state index contributed by atoms with van der Waals surface area (Å²) in [5.41, 5.74) is 1.01. The average molecular weight is 364 g/mol. The van der Waals surface area contributed by atoms with Crippen LogP contribution in [-0.4, -0.2) is 38.5 Å². The van der Waals surface area contributed by atoms with Crippen LogP contribution in [0.15, 0.2) is 30.3 Å². The number of rotatable bonds is 4. The van der Waals surface area contributed by atoms with E-state index in [4.69, 9.17) is 9.16 Å². The van der Waals surface area contributed by atoms with Crippen LogP contribution < -0.4 is 0 Å². The minimum absolute atomic E-state index is 0.105. The van der Waals surface area contributed by atoms with Gasteiger partial charge in [-0.1, -0.05) is 58.0 Å². The molecule has 2 rings (SSSR count). The molecule has 1 heterocycles. The lowest BCUT2D eigenvalue weighted by Gasteiger charge is -2.43. The standard InChI is InChI=1S/C20H33NO3Si/c1-16-12-18(24-25(5,6)20(2,3)4)14-21(13-16)19(22)23-15-17-10-8-7-9-11-17/h7-11,16,18H,12-15H2,1-6H3/t16-,18+/m0/s1. The second-order valence-corrected chi connectivity index (χ2v) is 13.5. The molecule has 1 saturated heterocycles. The van der Waals surface area contributed by atoms with E-state index in [0.717, 1.165) is 18.5 Å². The highest BCUT2D eigenvalue weighted by molar-refractivity contribution is 6.74. The monoisotopic (exact) mass is 363 g/mol. The highest BCUT2D eigenvalue weighted by Gasteiger charge is 2.41. The molecule has 0 N–H and O–H groups in total. The van der Waals surface area contributed by atoms with E-state index in [2.05, 4.69) is 40.8 Å². The van der Waals surface area contributed by atoms with Gasteiger partial charge in [-0.15, -0.1) is 0 Å². The number of likely N-dealkylation sites (tertiary alicyclic amines) is 1. The fourth-order valence-corrected chi connectivity index (χ4v) is 4.29. The second-order valence-electron chi connectivity index (χ2n) is 8.79. The van der Waals surface area contributed by atoms with Gasteiger partial charge in [0.2, 0.25) is 0 Å². The van der Waals surface area contributed by atoms with E-state index < -0.39 is 8.32 Å². The number of nitrogens with zero attached hydrogens (tertiary/aromatic N) is 1. The summed E-state index contributed by atoms with van der Waals surface area (Å²) >= 11 is 0. The number of hydrogen-bond acceptors (Lipinski definition) is 3. The molecule has 1 aliphatic rings. The van der Waals surface area contributed by atoms with Gasteiger partial charge >= 0.3 is 6.09 Å². The zero-order chi connectivity index (χ0) is 18.7. The Kier molecular flexibility index (Phi) is 6.33. The van der Waals surface area contributed by atoms with Gasteiger partial charge in [0, 0.05) is 13.1 Å². The molecule has 0 unspecified atom stereocenters. The van der Waals surface area contributed by atoms with E-state index in [-0.39, 0.29) is 17.2 Å². The molecule has 1 amide bonds. The number of carbonyl (C=O) groups is 1. The van der Waals surface area contributed by atoms with E-state index in [1.807, 2.05) is 35.2 Å². The summed E-state index contributed by atoms with van der Waals surface area (Å²) in [6.07, 6.45) is 0.878. The number of carbonyl (C=O) groups excluding carboxylic acids is 1. The van der Waals surface area contributed by atoms with Crippen LogP contribution in [0.3, 0.4) is 0 Å². The highest BCUT2D eigenvalue weighted by Crippen LogP contribution is 2.38. The molecule has 0 bridgehead atoms. The van der Waals surface area contributed by atoms with Gasteiger partial charge in [-0.25, -0.2) is 4.79 Å². The van der Waals surface area contributed by atoms with Gasteiger partial charge in [-0.05, 0) is 36.0 Å². The van der Waals surface area contributed by atoms with Gasteiger partial charge in [0.05, 0.1) is 6.10 Å². The molecular weight excluding hydrogens is 330 g/mol. The molecule has 25 heavy (non-hydrogen) atoms. The molecule has 0 saturated carbocycles. The third-order valence-electron chi connectivity index (χ3n) is 5.35. The maximum Gasteiger partial charge on any atom is 0.410 e. The van der Waals surface area contributed by atoms with Crippen molar-refractivity contribution in [3.8, 4) is 0 Å². The lowest BCUT2D eigenvalue weighted by molar-refractivity contribution is 0.0338. The van der Waals surface area contributed by atoms with Crippen LogP contribution in [0.2, 0.25) is 18.1 Å². The third-order valence-corrected chi connectivity index (χ3v) is 9.89. The Morgan fingerprint density at radius 1 is 1.20 bits per heavy atom. The summed E-state index contributed by atoms with van der Waals surface area (Å²) in [6, 6.07) is 9.80. The van der Waals surface area contributed by atoms with Crippen molar-refractivity contribution in [2.75, 3.05) is 13.1 Å². The molecule has 1 fully saturated rings. The molecular formula is C20H33NO3Si. The van der Waals surface area contributed by atoms with Gasteiger partial charge in [0.15, 0.2) is 8.32 Å². The Hall–Kier alpha value is -1.33. The van der Waals surface area contributed by atoms with Gasteiger partial charge in [-0.3, -0.25) is 0 Å². The van der Waals surface area contributed by atoms with Crippen molar-refractivity contribution >= 4 is 14.4 Å². The lowest BCUT2D eigenvalue weighted by Crippen LogP contribution is -2.52. The van der Waals surface area contributed by atoms with Crippen molar-refractivity contribution in [3.63, 3.8) is 0 Å². The SMILES string of the molecule is C[C@H]1C[C@@H](O[Si](C)(C)C(C)(C)C)CN(C(=O)OCc2ccccc2)C1. The first kappa shape index (κ1) is 20.0. The zero-order valence-electron chi connectivity index (χ0n) is 16.5. The molecule has 4 nitrogen and oxygen atoms in total. The molecule has 1 aromatic rings. The molecule has 0 aromatic heterocycles. The van der Waals surface area contributed by atoms with Crippen molar-refractivity contribution in [1.82, 2.24) is 4.90 Å². The van der Waals surface area contributed by atoms with Crippen LogP contribution >= 0.6 is 0 Å². The maximum atomic E-state index is 12.5. The predicted molar refractivity (Wildman–Crippen MR) is 104 cm³/mol. The number of piperidine rings is 1. The van der Waals surface area contributed by atoms with Crippen LogP contribution in [0.5, 0.6) is 0 Å². The molecule has 1 aromatic carbocycles. The number of amides is 1. The Morgan fingerprint density at radius 3 is 2.44 bits per heavy atom. The summed E-state index contributed by atoms with van der Waals surface area (Å²) in [5.74, 6) is 0.424. The third kappa shape index (κ3) is 5.58. The number of benzene rings is 1. The van der Waals surface area contributed by atoms with Crippen LogP contribution in [-0.2, 0) is 15.8 Å². The van der Waals surface area contributed by atoms with Crippen molar-refractivity contribution in [2.45, 2.75) is 65.0 Å². The largest absolute Gasteiger partial charge is 0.445 e. The fourth-order valence-electron chi connectivity index (χ4n) is 2.93. The summed E-state index contributed by atoms with van der Waals surface area (Å²) in [7, 11) is -1.84. The zero-order valence-corrected chi connectivity index (χ0v) is 17.5. The van der Waals surface area contributed by atoms with Crippen molar-refractivity contribution < 1.29 is 14.0 Å². The van der Waals surface area contributed by atoms with Gasteiger partial charge in [0.1, 0.15) is 6.61 Å². The number of ether oxygens (including phenoxy) is 1. The molecule has 1 aliphatic heterocycles. The van der Waals surface area contributed by atoms with Gasteiger partial charge in [0.25, 0.3) is 0 Å². The highest BCUT2D eigenvalue weighted by atomic mass is 28.4. The molecule has 0 spiro atoms. The van der Waals surface area contributed by atoms with E-state index in [1.165, 1.54) is 0 Å².